The van der Waals surface area contributed by atoms with Crippen LogP contribution in [0.1, 0.15) is 140 Å². The standard InChI is InChI=1S/C53H81N5O11/c1-32-17-13-12-14-18-33(2)45(65-9)29-41-22-20-38(7)53(64,69-41)50(61)51(62)57-24-16-15-19-43(57)52(63)68-46(36(5)27-40-21-23-42(47(28-40)66-10)58-31-54-55-56-58)30-44(59)35(4)26-37(6)48(60)49(67-11)39(8)34(3)25-32/h12-14,17-18,26,31-32,34-36,38,40-43,45-49,60,64H,8,15-16,19-25,27-30H2,1-7,9-11H3/b14-12?,17-13+,33-18?,37-26+/t32-,34-,35-,36-,38-,40+,41+,42+,43+,45+,46+,47-,48-,49+,53-/m1/s1/i4D3,9D3. The van der Waals surface area contributed by atoms with Gasteiger partial charge in [-0.25, -0.2) is 9.48 Å². The molecule has 1 amide bonds. The third-order valence-corrected chi connectivity index (χ3v) is 15.0. The second-order valence-electron chi connectivity index (χ2n) is 20.1. The van der Waals surface area contributed by atoms with Crippen LogP contribution in [-0.4, -0.2) is 135 Å². The summed E-state index contributed by atoms with van der Waals surface area (Å²) in [7, 11) is 0.214. The van der Waals surface area contributed by atoms with Crippen molar-refractivity contribution in [3.05, 3.63) is 66.1 Å². The molecule has 16 heteroatoms. The number of hydrogen-bond acceptors (Lipinski definition) is 14. The van der Waals surface area contributed by atoms with Crippen molar-refractivity contribution in [1.82, 2.24) is 25.1 Å². The Morgan fingerprint density at radius 1 is 0.971 bits per heavy atom. The fourth-order valence-electron chi connectivity index (χ4n) is 10.5. The number of piperidine rings is 1. The molecule has 4 aliphatic rings. The Hall–Kier alpha value is -4.19. The summed E-state index contributed by atoms with van der Waals surface area (Å²) in [5.41, 5.74) is 1.25. The Morgan fingerprint density at radius 3 is 2.45 bits per heavy atom. The summed E-state index contributed by atoms with van der Waals surface area (Å²) in [4.78, 5) is 59.2. The van der Waals surface area contributed by atoms with E-state index in [4.69, 9.17) is 31.9 Å². The van der Waals surface area contributed by atoms with Crippen molar-refractivity contribution in [2.75, 3.05) is 27.8 Å². The van der Waals surface area contributed by atoms with Gasteiger partial charge in [0.1, 0.15) is 36.5 Å². The first-order valence-electron chi connectivity index (χ1n) is 27.7. The maximum atomic E-state index is 14.6. The minimum Gasteiger partial charge on any atom is -0.460 e. The molecule has 4 heterocycles. The molecule has 1 aromatic heterocycles. The second kappa shape index (κ2) is 25.8. The minimum atomic E-state index is -2.89. The minimum absolute atomic E-state index is 0.0102. The smallest absolute Gasteiger partial charge is 0.329 e. The summed E-state index contributed by atoms with van der Waals surface area (Å²) < 4.78 is 80.7. The number of ether oxygens (including phenoxy) is 5. The number of tetrazole rings is 1. The molecule has 0 radical (unpaired) electrons. The molecule has 0 aromatic carbocycles. The predicted octanol–water partition coefficient (Wildman–Crippen LogP) is 7.03. The highest BCUT2D eigenvalue weighted by Gasteiger charge is 2.53. The van der Waals surface area contributed by atoms with Crippen LogP contribution in [0.25, 0.3) is 0 Å². The number of Topliss-reactive ketones (excluding diaryl/α,β-unsaturated/α-hetero) is 2. The molecule has 16 nitrogen and oxygen atoms in total. The molecule has 0 spiro atoms. The molecule has 69 heavy (non-hydrogen) atoms. The van der Waals surface area contributed by atoms with Gasteiger partial charge in [0.15, 0.2) is 0 Å². The lowest BCUT2D eigenvalue weighted by Crippen LogP contribution is -2.61. The number of aliphatic hydroxyl groups is 2. The van der Waals surface area contributed by atoms with Crippen molar-refractivity contribution in [2.24, 2.45) is 35.5 Å². The van der Waals surface area contributed by atoms with Gasteiger partial charge in [-0.15, -0.1) is 5.10 Å². The maximum absolute atomic E-state index is 14.6. The number of allylic oxidation sites excluding steroid dienone is 6. The zero-order chi connectivity index (χ0) is 55.6. The Balaban J connectivity index is 1.54. The molecular formula is C53H81N5O11. The lowest BCUT2D eigenvalue weighted by molar-refractivity contribution is -0.265. The van der Waals surface area contributed by atoms with Crippen molar-refractivity contribution >= 4 is 23.4 Å². The van der Waals surface area contributed by atoms with Gasteiger partial charge in [-0.05, 0) is 129 Å². The highest BCUT2D eigenvalue weighted by atomic mass is 16.6. The zero-order valence-electron chi connectivity index (χ0n) is 47.8. The number of hydrogen-bond donors (Lipinski definition) is 2. The molecule has 0 unspecified atom stereocenters. The number of carbonyl (C=O) groups excluding carboxylic acids is 4. The topological polar surface area (TPSA) is 202 Å². The monoisotopic (exact) mass is 970 g/mol. The Labute approximate surface area is 418 Å². The Kier molecular flexibility index (Phi) is 17.6. The van der Waals surface area contributed by atoms with Gasteiger partial charge >= 0.3 is 5.97 Å². The molecule has 3 aliphatic heterocycles. The number of aromatic nitrogens is 4. The van der Waals surface area contributed by atoms with Gasteiger partial charge in [0, 0.05) is 56.6 Å². The average Bonchev–Trinajstić information content (AvgIpc) is 3.89. The van der Waals surface area contributed by atoms with Crippen molar-refractivity contribution in [1.29, 1.82) is 0 Å². The quantitative estimate of drug-likeness (QED) is 0.160. The fourth-order valence-corrected chi connectivity index (χ4v) is 10.5. The van der Waals surface area contributed by atoms with Gasteiger partial charge < -0.3 is 38.8 Å². The van der Waals surface area contributed by atoms with E-state index in [0.717, 1.165) is 4.90 Å². The molecule has 1 aliphatic carbocycles. The Bertz CT molecular complexity index is 2240. The summed E-state index contributed by atoms with van der Waals surface area (Å²) in [6.45, 7) is 11.9. The van der Waals surface area contributed by atoms with Crippen LogP contribution in [0.5, 0.6) is 0 Å². The third-order valence-electron chi connectivity index (χ3n) is 15.0. The van der Waals surface area contributed by atoms with E-state index in [1.165, 1.54) is 26.4 Å². The normalized spacial score (nSPS) is 39.2. The van der Waals surface area contributed by atoms with Gasteiger partial charge in [0.25, 0.3) is 11.7 Å². The van der Waals surface area contributed by atoms with Gasteiger partial charge in [-0.3, -0.25) is 14.4 Å². The number of amides is 1. The highest BCUT2D eigenvalue weighted by Crippen LogP contribution is 2.39. The number of aliphatic hydroxyl groups excluding tert-OH is 1. The van der Waals surface area contributed by atoms with E-state index in [1.54, 1.807) is 43.9 Å². The van der Waals surface area contributed by atoms with E-state index >= 15 is 0 Å². The first-order valence-corrected chi connectivity index (χ1v) is 24.7. The number of rotatable bonds is 7. The molecule has 2 N–H and O–H groups in total. The number of nitrogens with zero attached hydrogens (tertiary/aromatic N) is 5. The van der Waals surface area contributed by atoms with E-state index in [9.17, 15) is 29.4 Å². The summed E-state index contributed by atoms with van der Waals surface area (Å²) in [6, 6.07) is -1.44. The number of cyclic esters (lactones) is 1. The predicted molar refractivity (Wildman–Crippen MR) is 260 cm³/mol. The average molecular weight is 970 g/mol. The lowest BCUT2D eigenvalue weighted by atomic mass is 9.77. The van der Waals surface area contributed by atoms with Crippen molar-refractivity contribution < 1.29 is 61.3 Å². The van der Waals surface area contributed by atoms with Crippen LogP contribution >= 0.6 is 0 Å². The van der Waals surface area contributed by atoms with Crippen molar-refractivity contribution in [3.63, 3.8) is 0 Å². The van der Waals surface area contributed by atoms with Gasteiger partial charge in [0.05, 0.1) is 28.5 Å². The molecule has 3 fully saturated rings. The molecule has 5 rings (SSSR count). The SMILES string of the molecule is [2H]C([2H])([2H])O[C@H]1C[C@@H]2CC[C@@H](C)[C@@](O)(O2)C(=O)C(=O)N2CCCC[C@H]2C(=O)O[C@H]([C@H](C)C[C@@H]2CC[C@H](n3cnnn3)[C@H](OC)C2)CC(=O)[C@H](C([2H])([2H])[2H])/C=C(\C)[C@@H](O)[C@@H](OC)C(=C)[C@H](C)C[C@H](C)/C=C/C=CC=C1C. The lowest BCUT2D eigenvalue weighted by Gasteiger charge is -2.42. The third kappa shape index (κ3) is 14.2. The highest BCUT2D eigenvalue weighted by molar-refractivity contribution is 6.39. The molecule has 384 valence electrons. The Morgan fingerprint density at radius 2 is 1.75 bits per heavy atom. The molecular weight excluding hydrogens is 883 g/mol. The van der Waals surface area contributed by atoms with Gasteiger partial charge in [-0.1, -0.05) is 77.6 Å². The fraction of sp³-hybridized carbons (Fsp3) is 0.717. The molecule has 1 saturated carbocycles. The van der Waals surface area contributed by atoms with Crippen molar-refractivity contribution in [2.45, 2.75) is 180 Å². The van der Waals surface area contributed by atoms with Crippen molar-refractivity contribution in [3.8, 4) is 0 Å². The molecule has 15 atom stereocenters. The number of ketones is 2. The number of esters is 1. The van der Waals surface area contributed by atoms with Crippen LogP contribution in [0.4, 0.5) is 0 Å². The summed E-state index contributed by atoms with van der Waals surface area (Å²) in [5.74, 6) is -10.1. The molecule has 2 saturated heterocycles. The first-order chi connectivity index (χ1) is 35.2. The second-order valence-corrected chi connectivity index (χ2v) is 20.1. The van der Waals surface area contributed by atoms with Crippen LogP contribution in [0.15, 0.2) is 66.1 Å². The number of methoxy groups -OCH3 is 3. The van der Waals surface area contributed by atoms with Gasteiger partial charge in [0.2, 0.25) is 5.79 Å². The van der Waals surface area contributed by atoms with E-state index in [-0.39, 0.29) is 61.3 Å². The number of carbonyl (C=O) groups is 4. The maximum Gasteiger partial charge on any atom is 0.329 e. The summed E-state index contributed by atoms with van der Waals surface area (Å²) in [6.07, 6.45) is 9.93. The van der Waals surface area contributed by atoms with E-state index < -0.39 is 104 Å². The van der Waals surface area contributed by atoms with Crippen LogP contribution < -0.4 is 0 Å². The largest absolute Gasteiger partial charge is 0.460 e. The zero-order valence-corrected chi connectivity index (χ0v) is 41.8. The van der Waals surface area contributed by atoms with Crippen LogP contribution in [0.2, 0.25) is 0 Å². The molecule has 1 aromatic rings. The molecule has 2 bridgehead atoms. The van der Waals surface area contributed by atoms with E-state index in [2.05, 4.69) is 22.1 Å². The van der Waals surface area contributed by atoms with Crippen LogP contribution in [0, 0.1) is 35.5 Å². The first kappa shape index (κ1) is 47.2. The van der Waals surface area contributed by atoms with Gasteiger partial charge in [-0.2, -0.15) is 0 Å². The van der Waals surface area contributed by atoms with Crippen LogP contribution in [-0.2, 0) is 42.9 Å². The van der Waals surface area contributed by atoms with Crippen LogP contribution in [0.3, 0.4) is 0 Å². The summed E-state index contributed by atoms with van der Waals surface area (Å²) >= 11 is 0. The number of fused-ring (bicyclic) bond motifs is 3. The summed E-state index contributed by atoms with van der Waals surface area (Å²) in [5, 5.41) is 35.5. The van der Waals surface area contributed by atoms with E-state index in [0.29, 0.717) is 62.5 Å². The van der Waals surface area contributed by atoms with E-state index in [1.807, 2.05) is 32.9 Å².